The lowest BCUT2D eigenvalue weighted by molar-refractivity contribution is -0.196. The molecule has 31 heavy (non-hydrogen) atoms. The highest BCUT2D eigenvalue weighted by Gasteiger charge is 2.61. The summed E-state index contributed by atoms with van der Waals surface area (Å²) in [5.74, 6) is -2.40. The lowest BCUT2D eigenvalue weighted by atomic mass is 10.00. The average molecular weight is 451 g/mol. The van der Waals surface area contributed by atoms with Gasteiger partial charge in [0.1, 0.15) is 17.8 Å². The van der Waals surface area contributed by atoms with Crippen LogP contribution in [0.3, 0.4) is 0 Å². The van der Waals surface area contributed by atoms with E-state index in [2.05, 4.69) is 0 Å². The van der Waals surface area contributed by atoms with E-state index >= 15 is 0 Å². The molecule has 0 aromatic heterocycles. The molecule has 2 heterocycles. The second kappa shape index (κ2) is 7.81. The van der Waals surface area contributed by atoms with Crippen LogP contribution in [0.15, 0.2) is 0 Å². The van der Waals surface area contributed by atoms with Crippen LogP contribution in [0.25, 0.3) is 0 Å². The maximum absolute atomic E-state index is 14.2. The third-order valence-electron chi connectivity index (χ3n) is 6.03. The molecule has 3 fully saturated rings. The highest BCUT2D eigenvalue weighted by molar-refractivity contribution is 5.88. The van der Waals surface area contributed by atoms with Gasteiger partial charge in [-0.15, -0.1) is 0 Å². The summed E-state index contributed by atoms with van der Waals surface area (Å²) < 4.78 is 58.9. The molecule has 2 aliphatic heterocycles. The molecule has 3 aliphatic rings. The first kappa shape index (κ1) is 23.6. The predicted octanol–water partition coefficient (Wildman–Crippen LogP) is 2.88. The minimum absolute atomic E-state index is 0.0558. The Hall–Kier alpha value is -2.07. The molecule has 1 saturated carbocycles. The molecule has 1 unspecified atom stereocenters. The number of halogens is 4. The minimum atomic E-state index is -4.99. The van der Waals surface area contributed by atoms with Gasteiger partial charge >= 0.3 is 18.2 Å². The minimum Gasteiger partial charge on any atom is -0.444 e. The number of piperazine rings is 1. The van der Waals surface area contributed by atoms with E-state index in [1.54, 1.807) is 27.7 Å². The second-order valence-corrected chi connectivity index (χ2v) is 9.66. The molecule has 0 aromatic rings. The van der Waals surface area contributed by atoms with Crippen LogP contribution in [0.1, 0.15) is 53.4 Å². The standard InChI is InChI=1S/C20H29F4N3O4/c1-5-13-10-25(11-19(6-7-19)27(13)16(29)20(22,23)24)15(28)14-8-12(21)9-26(14)17(30)31-18(2,3)4/h12-14H,5-11H2,1-4H3/t12-,13?,14+/m1/s1. The lowest BCUT2D eigenvalue weighted by Crippen LogP contribution is -2.66. The van der Waals surface area contributed by atoms with Crippen molar-refractivity contribution in [1.29, 1.82) is 0 Å². The molecule has 0 radical (unpaired) electrons. The molecule has 0 bridgehead atoms. The Morgan fingerprint density at radius 3 is 2.19 bits per heavy atom. The van der Waals surface area contributed by atoms with E-state index in [0.717, 1.165) is 9.80 Å². The molecule has 3 atom stereocenters. The molecule has 7 nitrogen and oxygen atoms in total. The van der Waals surface area contributed by atoms with E-state index in [0.29, 0.717) is 12.8 Å². The number of rotatable bonds is 2. The van der Waals surface area contributed by atoms with E-state index in [9.17, 15) is 31.9 Å². The Bertz CT molecular complexity index is 748. The Labute approximate surface area is 178 Å². The fraction of sp³-hybridized carbons (Fsp3) is 0.850. The normalized spacial score (nSPS) is 28.1. The van der Waals surface area contributed by atoms with Crippen molar-refractivity contribution < 1.29 is 36.7 Å². The fourth-order valence-corrected chi connectivity index (χ4v) is 4.51. The van der Waals surface area contributed by atoms with Crippen molar-refractivity contribution in [1.82, 2.24) is 14.7 Å². The number of likely N-dealkylation sites (tertiary alicyclic amines) is 1. The van der Waals surface area contributed by atoms with Crippen molar-refractivity contribution in [3.63, 3.8) is 0 Å². The van der Waals surface area contributed by atoms with Crippen LogP contribution in [0.5, 0.6) is 0 Å². The summed E-state index contributed by atoms with van der Waals surface area (Å²) in [6.07, 6.45) is -6.42. The Balaban J connectivity index is 1.79. The summed E-state index contributed by atoms with van der Waals surface area (Å²) in [6.45, 7) is 6.21. The molecular formula is C20H29F4N3O4. The van der Waals surface area contributed by atoms with Gasteiger partial charge in [-0.25, -0.2) is 9.18 Å². The number of nitrogens with zero attached hydrogens (tertiary/aromatic N) is 3. The van der Waals surface area contributed by atoms with Crippen LogP contribution in [-0.4, -0.2) is 87.8 Å². The molecule has 0 aromatic carbocycles. The number of carbonyl (C=O) groups is 3. The highest BCUT2D eigenvalue weighted by Crippen LogP contribution is 2.48. The van der Waals surface area contributed by atoms with Crippen LogP contribution in [-0.2, 0) is 14.3 Å². The molecule has 2 saturated heterocycles. The van der Waals surface area contributed by atoms with Crippen LogP contribution in [0, 0.1) is 0 Å². The van der Waals surface area contributed by atoms with E-state index in [-0.39, 0.29) is 32.5 Å². The largest absolute Gasteiger partial charge is 0.471 e. The van der Waals surface area contributed by atoms with Gasteiger partial charge in [-0.2, -0.15) is 13.2 Å². The first-order chi connectivity index (χ1) is 14.2. The second-order valence-electron chi connectivity index (χ2n) is 9.66. The van der Waals surface area contributed by atoms with Crippen molar-refractivity contribution in [3.05, 3.63) is 0 Å². The number of carbonyl (C=O) groups excluding carboxylic acids is 3. The SMILES string of the molecule is CCC1CN(C(=O)[C@@H]2C[C@@H](F)CN2C(=O)OC(C)(C)C)CC2(CC2)N1C(=O)C(F)(F)F. The quantitative estimate of drug-likeness (QED) is 0.606. The zero-order chi connectivity index (χ0) is 23.4. The number of hydrogen-bond acceptors (Lipinski definition) is 4. The van der Waals surface area contributed by atoms with Gasteiger partial charge in [0.2, 0.25) is 5.91 Å². The Morgan fingerprint density at radius 2 is 1.71 bits per heavy atom. The van der Waals surface area contributed by atoms with Gasteiger partial charge in [-0.1, -0.05) is 6.92 Å². The molecule has 3 rings (SSSR count). The van der Waals surface area contributed by atoms with Crippen LogP contribution >= 0.6 is 0 Å². The fourth-order valence-electron chi connectivity index (χ4n) is 4.51. The van der Waals surface area contributed by atoms with Crippen molar-refractivity contribution >= 4 is 17.9 Å². The number of amides is 3. The van der Waals surface area contributed by atoms with Gasteiger partial charge in [0.05, 0.1) is 12.1 Å². The van der Waals surface area contributed by atoms with Crippen LogP contribution in [0.2, 0.25) is 0 Å². The monoisotopic (exact) mass is 451 g/mol. The Kier molecular flexibility index (Phi) is 5.94. The molecule has 3 amide bonds. The van der Waals surface area contributed by atoms with Gasteiger partial charge < -0.3 is 14.5 Å². The molecule has 1 spiro atoms. The first-order valence-corrected chi connectivity index (χ1v) is 10.5. The third kappa shape index (κ3) is 4.74. The molecule has 0 N–H and O–H groups in total. The Morgan fingerprint density at radius 1 is 1.10 bits per heavy atom. The highest BCUT2D eigenvalue weighted by atomic mass is 19.4. The topological polar surface area (TPSA) is 70.2 Å². The number of ether oxygens (including phenoxy) is 1. The van der Waals surface area contributed by atoms with Gasteiger partial charge in [0.25, 0.3) is 0 Å². The average Bonchev–Trinajstić information content (AvgIpc) is 3.27. The van der Waals surface area contributed by atoms with E-state index < -0.39 is 53.5 Å². The van der Waals surface area contributed by atoms with Gasteiger partial charge in [0, 0.05) is 25.6 Å². The van der Waals surface area contributed by atoms with Gasteiger partial charge in [-0.05, 0) is 40.0 Å². The van der Waals surface area contributed by atoms with Crippen molar-refractivity contribution in [3.8, 4) is 0 Å². The van der Waals surface area contributed by atoms with E-state index in [1.165, 1.54) is 4.90 Å². The van der Waals surface area contributed by atoms with E-state index in [4.69, 9.17) is 4.74 Å². The van der Waals surface area contributed by atoms with Crippen LogP contribution in [0.4, 0.5) is 22.4 Å². The van der Waals surface area contributed by atoms with Crippen molar-refractivity contribution in [2.24, 2.45) is 0 Å². The molecule has 176 valence electrons. The molecule has 1 aliphatic carbocycles. The summed E-state index contributed by atoms with van der Waals surface area (Å²) in [6, 6.07) is -1.88. The van der Waals surface area contributed by atoms with Crippen molar-refractivity contribution in [2.75, 3.05) is 19.6 Å². The van der Waals surface area contributed by atoms with E-state index in [1.807, 2.05) is 0 Å². The molecular weight excluding hydrogens is 422 g/mol. The number of hydrogen-bond donors (Lipinski definition) is 0. The van der Waals surface area contributed by atoms with Gasteiger partial charge in [0.15, 0.2) is 0 Å². The summed E-state index contributed by atoms with van der Waals surface area (Å²) >= 11 is 0. The smallest absolute Gasteiger partial charge is 0.444 e. The summed E-state index contributed by atoms with van der Waals surface area (Å²) in [5.41, 5.74) is -1.88. The third-order valence-corrected chi connectivity index (χ3v) is 6.03. The van der Waals surface area contributed by atoms with Gasteiger partial charge in [-0.3, -0.25) is 14.5 Å². The zero-order valence-electron chi connectivity index (χ0n) is 18.2. The summed E-state index contributed by atoms with van der Waals surface area (Å²) in [7, 11) is 0. The first-order valence-electron chi connectivity index (χ1n) is 10.5. The number of alkyl halides is 4. The maximum Gasteiger partial charge on any atom is 0.471 e. The maximum atomic E-state index is 14.2. The summed E-state index contributed by atoms with van der Waals surface area (Å²) in [5, 5.41) is 0. The van der Waals surface area contributed by atoms with Crippen molar-refractivity contribution in [2.45, 2.75) is 88.9 Å². The van der Waals surface area contributed by atoms with Crippen LogP contribution < -0.4 is 0 Å². The zero-order valence-corrected chi connectivity index (χ0v) is 18.2. The molecule has 11 heteroatoms. The summed E-state index contributed by atoms with van der Waals surface area (Å²) in [4.78, 5) is 41.2. The lowest BCUT2D eigenvalue weighted by Gasteiger charge is -2.48. The predicted molar refractivity (Wildman–Crippen MR) is 102 cm³/mol.